The van der Waals surface area contributed by atoms with E-state index in [0.29, 0.717) is 39.6 Å². The van der Waals surface area contributed by atoms with Crippen LogP contribution in [0.5, 0.6) is 5.88 Å². The molecule has 0 aromatic carbocycles. The van der Waals surface area contributed by atoms with Crippen molar-refractivity contribution in [1.82, 2.24) is 34.1 Å². The molecule has 0 amide bonds. The molecular formula is C21H16F3N7O. The topological polar surface area (TPSA) is 83.5 Å². The molecule has 0 saturated heterocycles. The molecule has 0 bridgehead atoms. The number of imidazole rings is 1. The van der Waals surface area contributed by atoms with Crippen LogP contribution in [0.25, 0.3) is 27.9 Å². The van der Waals surface area contributed by atoms with Gasteiger partial charge in [-0.25, -0.2) is 19.9 Å². The third kappa shape index (κ3) is 3.31. The van der Waals surface area contributed by atoms with E-state index in [9.17, 15) is 13.2 Å². The number of rotatable bonds is 4. The molecule has 0 radical (unpaired) electrons. The first kappa shape index (κ1) is 19.9. The average Bonchev–Trinajstić information content (AvgIpc) is 3.34. The summed E-state index contributed by atoms with van der Waals surface area (Å²) in [6, 6.07) is 7.55. The summed E-state index contributed by atoms with van der Waals surface area (Å²) in [4.78, 5) is 21.1. The monoisotopic (exact) mass is 439 g/mol. The Morgan fingerprint density at radius 3 is 2.69 bits per heavy atom. The molecule has 0 aliphatic heterocycles. The van der Waals surface area contributed by atoms with Crippen molar-refractivity contribution in [2.75, 3.05) is 7.11 Å². The molecule has 5 rings (SSSR count). The summed E-state index contributed by atoms with van der Waals surface area (Å²) in [5.74, 6) is 1.03. The quantitative estimate of drug-likeness (QED) is 0.422. The van der Waals surface area contributed by atoms with Crippen LogP contribution in [-0.2, 0) is 12.7 Å². The van der Waals surface area contributed by atoms with Crippen molar-refractivity contribution in [2.24, 2.45) is 0 Å². The fourth-order valence-electron chi connectivity index (χ4n) is 3.63. The summed E-state index contributed by atoms with van der Waals surface area (Å²) < 4.78 is 48.2. The third-order valence-corrected chi connectivity index (χ3v) is 5.11. The van der Waals surface area contributed by atoms with Gasteiger partial charge in [0, 0.05) is 6.20 Å². The van der Waals surface area contributed by atoms with E-state index in [1.165, 1.54) is 19.5 Å². The molecule has 5 aromatic rings. The van der Waals surface area contributed by atoms with E-state index in [1.807, 2.05) is 22.9 Å². The third-order valence-electron chi connectivity index (χ3n) is 5.11. The molecule has 5 aromatic heterocycles. The fourth-order valence-corrected chi connectivity index (χ4v) is 3.63. The van der Waals surface area contributed by atoms with Crippen LogP contribution >= 0.6 is 0 Å². The largest absolute Gasteiger partial charge is 0.479 e. The summed E-state index contributed by atoms with van der Waals surface area (Å²) >= 11 is 0. The van der Waals surface area contributed by atoms with Crippen LogP contribution in [0.4, 0.5) is 13.2 Å². The van der Waals surface area contributed by atoms with Crippen LogP contribution in [0.15, 0.2) is 49.1 Å². The van der Waals surface area contributed by atoms with Crippen LogP contribution in [0.3, 0.4) is 0 Å². The average molecular weight is 439 g/mol. The number of halogens is 3. The molecule has 162 valence electrons. The second kappa shape index (κ2) is 7.29. The van der Waals surface area contributed by atoms with Gasteiger partial charge in [0.1, 0.15) is 23.4 Å². The summed E-state index contributed by atoms with van der Waals surface area (Å²) in [5.41, 5.74) is 2.58. The molecule has 0 atom stereocenters. The predicted octanol–water partition coefficient (Wildman–Crippen LogP) is 3.94. The number of pyridine rings is 2. The maximum Gasteiger partial charge on any atom is 0.433 e. The standard InChI is InChI=1S/C21H16F3N7O/c1-12-28-19-16(31(12)10-13-4-3-5-17(29-13)21(22,23)24)8-14(9-25-19)30-7-6-15-18(30)20(32-2)27-11-26-15/h3-9,11H,10H2,1-2H3. The van der Waals surface area contributed by atoms with Gasteiger partial charge in [-0.3, -0.25) is 0 Å². The first-order chi connectivity index (χ1) is 15.3. The molecule has 0 saturated carbocycles. The Hall–Kier alpha value is -4.02. The highest BCUT2D eigenvalue weighted by atomic mass is 19.4. The van der Waals surface area contributed by atoms with Crippen LogP contribution in [0.1, 0.15) is 17.2 Å². The molecular weight excluding hydrogens is 423 g/mol. The molecule has 0 unspecified atom stereocenters. The van der Waals surface area contributed by atoms with Gasteiger partial charge in [0.2, 0.25) is 5.88 Å². The molecule has 0 aliphatic rings. The lowest BCUT2D eigenvalue weighted by molar-refractivity contribution is -0.141. The summed E-state index contributed by atoms with van der Waals surface area (Å²) in [6.45, 7) is 1.90. The molecule has 8 nitrogen and oxygen atoms in total. The van der Waals surface area contributed by atoms with Gasteiger partial charge in [-0.1, -0.05) is 6.07 Å². The number of aromatic nitrogens is 7. The highest BCUT2D eigenvalue weighted by molar-refractivity contribution is 5.83. The van der Waals surface area contributed by atoms with E-state index in [2.05, 4.69) is 24.9 Å². The van der Waals surface area contributed by atoms with Gasteiger partial charge in [0.05, 0.1) is 42.3 Å². The Kier molecular flexibility index (Phi) is 4.54. The molecule has 0 aliphatic carbocycles. The van der Waals surface area contributed by atoms with Gasteiger partial charge in [0.25, 0.3) is 0 Å². The molecule has 32 heavy (non-hydrogen) atoms. The Labute approximate surface area is 179 Å². The zero-order valence-corrected chi connectivity index (χ0v) is 17.0. The molecule has 0 spiro atoms. The lowest BCUT2D eigenvalue weighted by atomic mass is 10.3. The zero-order valence-electron chi connectivity index (χ0n) is 17.0. The van der Waals surface area contributed by atoms with Crippen LogP contribution < -0.4 is 4.74 Å². The van der Waals surface area contributed by atoms with E-state index in [-0.39, 0.29) is 12.2 Å². The summed E-state index contributed by atoms with van der Waals surface area (Å²) in [6.07, 6.45) is 0.404. The highest BCUT2D eigenvalue weighted by Gasteiger charge is 2.32. The summed E-state index contributed by atoms with van der Waals surface area (Å²) in [7, 11) is 1.53. The first-order valence-electron chi connectivity index (χ1n) is 9.57. The minimum Gasteiger partial charge on any atom is -0.479 e. The maximum atomic E-state index is 13.1. The highest BCUT2D eigenvalue weighted by Crippen LogP contribution is 2.29. The van der Waals surface area contributed by atoms with Crippen molar-refractivity contribution in [2.45, 2.75) is 19.6 Å². The number of methoxy groups -OCH3 is 1. The Balaban J connectivity index is 1.61. The van der Waals surface area contributed by atoms with Crippen LogP contribution in [0.2, 0.25) is 0 Å². The molecule has 0 fully saturated rings. The predicted molar refractivity (Wildman–Crippen MR) is 110 cm³/mol. The van der Waals surface area contributed by atoms with Gasteiger partial charge in [-0.15, -0.1) is 0 Å². The second-order valence-corrected chi connectivity index (χ2v) is 7.10. The van der Waals surface area contributed by atoms with Crippen molar-refractivity contribution in [3.63, 3.8) is 0 Å². The second-order valence-electron chi connectivity index (χ2n) is 7.10. The van der Waals surface area contributed by atoms with E-state index in [1.54, 1.807) is 23.8 Å². The minimum absolute atomic E-state index is 0.121. The molecule has 0 N–H and O–H groups in total. The number of nitrogens with zero attached hydrogens (tertiary/aromatic N) is 7. The number of hydrogen-bond acceptors (Lipinski definition) is 6. The van der Waals surface area contributed by atoms with E-state index in [0.717, 1.165) is 6.07 Å². The normalized spacial score (nSPS) is 12.0. The number of ether oxygens (including phenoxy) is 1. The van der Waals surface area contributed by atoms with Gasteiger partial charge in [0.15, 0.2) is 5.65 Å². The SMILES string of the molecule is COc1ncnc2ccn(-c3cnc4nc(C)n(Cc5cccc(C(F)(F)F)n5)c4c3)c12. The van der Waals surface area contributed by atoms with Gasteiger partial charge in [-0.05, 0) is 31.2 Å². The minimum atomic E-state index is -4.51. The van der Waals surface area contributed by atoms with Crippen LogP contribution in [-0.4, -0.2) is 41.2 Å². The van der Waals surface area contributed by atoms with Gasteiger partial charge in [-0.2, -0.15) is 18.2 Å². The van der Waals surface area contributed by atoms with Crippen molar-refractivity contribution in [3.8, 4) is 11.6 Å². The molecule has 5 heterocycles. The van der Waals surface area contributed by atoms with Gasteiger partial charge >= 0.3 is 6.18 Å². The lowest BCUT2D eigenvalue weighted by Crippen LogP contribution is -2.11. The zero-order chi connectivity index (χ0) is 22.5. The molecule has 11 heteroatoms. The Morgan fingerprint density at radius 1 is 1.06 bits per heavy atom. The number of hydrogen-bond donors (Lipinski definition) is 0. The Bertz CT molecular complexity index is 1460. The first-order valence-corrected chi connectivity index (χ1v) is 9.57. The van der Waals surface area contributed by atoms with E-state index in [4.69, 9.17) is 4.74 Å². The van der Waals surface area contributed by atoms with E-state index < -0.39 is 11.9 Å². The summed E-state index contributed by atoms with van der Waals surface area (Å²) in [5, 5.41) is 0. The lowest BCUT2D eigenvalue weighted by Gasteiger charge is -2.11. The van der Waals surface area contributed by atoms with Crippen molar-refractivity contribution < 1.29 is 17.9 Å². The fraction of sp³-hybridized carbons (Fsp3) is 0.190. The van der Waals surface area contributed by atoms with E-state index >= 15 is 0 Å². The van der Waals surface area contributed by atoms with Crippen molar-refractivity contribution >= 4 is 22.2 Å². The van der Waals surface area contributed by atoms with Crippen LogP contribution in [0, 0.1) is 6.92 Å². The maximum absolute atomic E-state index is 13.1. The smallest absolute Gasteiger partial charge is 0.433 e. The number of alkyl halides is 3. The number of aryl methyl sites for hydroxylation is 1. The van der Waals surface area contributed by atoms with Crippen molar-refractivity contribution in [3.05, 3.63) is 66.3 Å². The van der Waals surface area contributed by atoms with Gasteiger partial charge < -0.3 is 13.9 Å². The number of fused-ring (bicyclic) bond motifs is 2. The van der Waals surface area contributed by atoms with Crippen molar-refractivity contribution in [1.29, 1.82) is 0 Å². The Morgan fingerprint density at radius 2 is 1.91 bits per heavy atom.